The Morgan fingerprint density at radius 2 is 1.69 bits per heavy atom. The van der Waals surface area contributed by atoms with Gasteiger partial charge in [0.15, 0.2) is 0 Å². The van der Waals surface area contributed by atoms with Crippen LogP contribution >= 0.6 is 7.60 Å². The van der Waals surface area contributed by atoms with Crippen molar-refractivity contribution in [3.8, 4) is 0 Å². The number of benzene rings is 1. The maximum atomic E-state index is 10.5. The molecule has 1 aromatic rings. The monoisotopic (exact) mass is 260 g/mol. The van der Waals surface area contributed by atoms with E-state index in [2.05, 4.69) is 0 Å². The van der Waals surface area contributed by atoms with Crippen LogP contribution in [0.5, 0.6) is 0 Å². The van der Waals surface area contributed by atoms with E-state index in [1.165, 1.54) is 0 Å². The summed E-state index contributed by atoms with van der Waals surface area (Å²) in [5.74, 6) is 0. The summed E-state index contributed by atoms with van der Waals surface area (Å²) in [7, 11) is -3.84. The second-order valence-electron chi connectivity index (χ2n) is 2.99. The van der Waals surface area contributed by atoms with Gasteiger partial charge in [-0.15, -0.1) is 0 Å². The van der Waals surface area contributed by atoms with Crippen LogP contribution < -0.4 is 0 Å². The van der Waals surface area contributed by atoms with Gasteiger partial charge in [0.2, 0.25) is 0 Å². The molecule has 0 spiro atoms. The molecule has 0 aromatic heterocycles. The Morgan fingerprint density at radius 1 is 1.12 bits per heavy atom. The quantitative estimate of drug-likeness (QED) is 0.626. The van der Waals surface area contributed by atoms with Crippen LogP contribution in [0.25, 0.3) is 6.08 Å². The van der Waals surface area contributed by atoms with Gasteiger partial charge in [-0.05, 0) is 12.0 Å². The maximum absolute atomic E-state index is 10.5. The van der Waals surface area contributed by atoms with Gasteiger partial charge in [0.1, 0.15) is 0 Å². The van der Waals surface area contributed by atoms with Crippen molar-refractivity contribution in [3.63, 3.8) is 0 Å². The van der Waals surface area contributed by atoms with Gasteiger partial charge in [0.25, 0.3) is 0 Å². The second kappa shape index (κ2) is 10.1. The minimum absolute atomic E-state index is 0. The van der Waals surface area contributed by atoms with E-state index in [1.807, 2.05) is 36.4 Å². The molecule has 0 fully saturated rings. The fourth-order valence-corrected chi connectivity index (χ4v) is 1.51. The van der Waals surface area contributed by atoms with E-state index in [0.29, 0.717) is 6.42 Å². The van der Waals surface area contributed by atoms with Crippen LogP contribution in [0, 0.1) is 0 Å². The normalized spacial score (nSPS) is 10.6. The van der Waals surface area contributed by atoms with Crippen LogP contribution in [-0.2, 0) is 4.57 Å². The van der Waals surface area contributed by atoms with Crippen LogP contribution in [0.3, 0.4) is 0 Å². The Bertz CT molecular complexity index is 348. The van der Waals surface area contributed by atoms with Gasteiger partial charge >= 0.3 is 66.7 Å². The van der Waals surface area contributed by atoms with Crippen molar-refractivity contribution in [1.82, 2.24) is 0 Å². The molecule has 2 N–H and O–H groups in total. The molecule has 3 nitrogen and oxygen atoms in total. The molecule has 6 heteroatoms. The third-order valence-corrected chi connectivity index (χ3v) is 2.54. The van der Waals surface area contributed by atoms with Crippen LogP contribution in [0.1, 0.15) is 12.0 Å². The minimum atomic E-state index is -3.84. The Hall–Kier alpha value is 1.11. The molecule has 0 heterocycles. The summed E-state index contributed by atoms with van der Waals surface area (Å²) in [5.41, 5.74) is 1.04. The standard InChI is InChI=1S/C10H13O3P.2Na.2H/c11-14(12,13)9-5-4-8-10-6-2-1-3-7-10;;;;/h1-4,6-8H,5,9H2,(H2,11,12,13);;;;. The van der Waals surface area contributed by atoms with E-state index in [1.54, 1.807) is 6.08 Å². The molecule has 1 rings (SSSR count). The van der Waals surface area contributed by atoms with E-state index in [4.69, 9.17) is 9.79 Å². The van der Waals surface area contributed by atoms with E-state index in [-0.39, 0.29) is 65.3 Å². The van der Waals surface area contributed by atoms with Gasteiger partial charge in [0.05, 0.1) is 6.16 Å². The van der Waals surface area contributed by atoms with Crippen molar-refractivity contribution in [1.29, 1.82) is 0 Å². The van der Waals surface area contributed by atoms with E-state index in [0.717, 1.165) is 5.56 Å². The van der Waals surface area contributed by atoms with Crippen molar-refractivity contribution in [2.24, 2.45) is 0 Å². The molecule has 0 aliphatic carbocycles. The molecular formula is C10H15Na2O3P. The van der Waals surface area contributed by atoms with E-state index in [9.17, 15) is 4.57 Å². The van der Waals surface area contributed by atoms with Crippen molar-refractivity contribution in [3.05, 3.63) is 42.0 Å². The summed E-state index contributed by atoms with van der Waals surface area (Å²) < 4.78 is 10.5. The number of allylic oxidation sites excluding steroid dienone is 1. The Balaban J connectivity index is 0. The van der Waals surface area contributed by atoms with Gasteiger partial charge in [-0.2, -0.15) is 0 Å². The van der Waals surface area contributed by atoms with Crippen LogP contribution in [-0.4, -0.2) is 75.1 Å². The number of rotatable bonds is 4. The number of hydrogen-bond acceptors (Lipinski definition) is 1. The van der Waals surface area contributed by atoms with Crippen LogP contribution in [0.2, 0.25) is 0 Å². The molecule has 0 saturated heterocycles. The zero-order valence-corrected chi connectivity index (χ0v) is 8.60. The summed E-state index contributed by atoms with van der Waals surface area (Å²) in [6.07, 6.45) is 3.94. The molecule has 0 saturated carbocycles. The summed E-state index contributed by atoms with van der Waals surface area (Å²) in [6, 6.07) is 9.64. The average molecular weight is 260 g/mol. The van der Waals surface area contributed by atoms with Gasteiger partial charge in [-0.1, -0.05) is 42.5 Å². The number of hydrogen-bond donors (Lipinski definition) is 2. The summed E-state index contributed by atoms with van der Waals surface area (Å²) in [6.45, 7) is 0. The van der Waals surface area contributed by atoms with Crippen LogP contribution in [0.15, 0.2) is 36.4 Å². The SMILES string of the molecule is O=P(O)(O)CCC=Cc1ccccc1.[NaH].[NaH]. The average Bonchev–Trinajstić information content (AvgIpc) is 2.13. The molecule has 0 unspecified atom stereocenters. The fraction of sp³-hybridized carbons (Fsp3) is 0.200. The van der Waals surface area contributed by atoms with Crippen molar-refractivity contribution < 1.29 is 14.4 Å². The van der Waals surface area contributed by atoms with Gasteiger partial charge in [-0.25, -0.2) is 0 Å². The van der Waals surface area contributed by atoms with Crippen LogP contribution in [0.4, 0.5) is 0 Å². The third-order valence-electron chi connectivity index (χ3n) is 1.70. The van der Waals surface area contributed by atoms with E-state index < -0.39 is 7.60 Å². The van der Waals surface area contributed by atoms with Crippen molar-refractivity contribution >= 4 is 72.8 Å². The van der Waals surface area contributed by atoms with Crippen molar-refractivity contribution in [2.45, 2.75) is 6.42 Å². The zero-order chi connectivity index (χ0) is 10.4. The fourth-order valence-electron chi connectivity index (χ4n) is 1.03. The molecule has 80 valence electrons. The Morgan fingerprint density at radius 3 is 2.19 bits per heavy atom. The topological polar surface area (TPSA) is 57.5 Å². The first-order valence-corrected chi connectivity index (χ1v) is 6.14. The van der Waals surface area contributed by atoms with Gasteiger partial charge in [0, 0.05) is 0 Å². The molecule has 0 aliphatic heterocycles. The summed E-state index contributed by atoms with van der Waals surface area (Å²) in [5, 5.41) is 0. The Kier molecular flexibility index (Phi) is 12.2. The molecule has 0 aliphatic rings. The molecule has 0 radical (unpaired) electrons. The molecular weight excluding hydrogens is 245 g/mol. The summed E-state index contributed by atoms with van der Waals surface area (Å²) in [4.78, 5) is 17.2. The second-order valence-corrected chi connectivity index (χ2v) is 4.77. The predicted octanol–water partition coefficient (Wildman–Crippen LogP) is 0.971. The first-order chi connectivity index (χ1) is 6.58. The van der Waals surface area contributed by atoms with Gasteiger partial charge < -0.3 is 9.79 Å². The van der Waals surface area contributed by atoms with Gasteiger partial charge in [-0.3, -0.25) is 4.57 Å². The third kappa shape index (κ3) is 10.3. The molecule has 1 aromatic carbocycles. The van der Waals surface area contributed by atoms with E-state index >= 15 is 0 Å². The predicted molar refractivity (Wildman–Crippen MR) is 71.3 cm³/mol. The summed E-state index contributed by atoms with van der Waals surface area (Å²) >= 11 is 0. The molecule has 0 atom stereocenters. The molecule has 0 amide bonds. The molecule has 0 bridgehead atoms. The zero-order valence-electron chi connectivity index (χ0n) is 7.71. The molecule has 16 heavy (non-hydrogen) atoms. The first kappa shape index (κ1) is 19.4. The first-order valence-electron chi connectivity index (χ1n) is 4.34. The Labute approximate surface area is 140 Å². The van der Waals surface area contributed by atoms with Crippen molar-refractivity contribution in [2.75, 3.05) is 6.16 Å².